The molecular formula is C14H16ClFN2O2. The molecule has 1 aromatic carbocycles. The molecule has 20 heavy (non-hydrogen) atoms. The molecule has 108 valence electrons. The second-order valence-electron chi connectivity index (χ2n) is 4.85. The van der Waals surface area contributed by atoms with Crippen LogP contribution in [0.3, 0.4) is 0 Å². The third-order valence-electron chi connectivity index (χ3n) is 3.21. The maximum absolute atomic E-state index is 13.1. The number of carbonyl (C=O) groups excluding carboxylic acids is 2. The van der Waals surface area contributed by atoms with E-state index in [1.165, 1.54) is 17.0 Å². The predicted octanol–water partition coefficient (Wildman–Crippen LogP) is 2.11. The number of hydrogen-bond donors (Lipinski definition) is 1. The molecule has 1 aliphatic heterocycles. The molecule has 0 saturated carbocycles. The molecule has 1 heterocycles. The van der Waals surface area contributed by atoms with Crippen LogP contribution in [0.15, 0.2) is 18.2 Å². The summed E-state index contributed by atoms with van der Waals surface area (Å²) in [5, 5.41) is 2.70. The summed E-state index contributed by atoms with van der Waals surface area (Å²) in [6.45, 7) is 2.23. The maximum atomic E-state index is 13.1. The number of amides is 2. The van der Waals surface area contributed by atoms with E-state index in [0.717, 1.165) is 6.42 Å². The van der Waals surface area contributed by atoms with E-state index in [0.29, 0.717) is 12.0 Å². The molecule has 1 N–H and O–H groups in total. The van der Waals surface area contributed by atoms with Gasteiger partial charge in [-0.2, -0.15) is 0 Å². The normalized spacial score (nSPS) is 19.1. The monoisotopic (exact) mass is 298 g/mol. The number of nitrogens with zero attached hydrogens (tertiary/aromatic N) is 1. The molecule has 0 radical (unpaired) electrons. The zero-order chi connectivity index (χ0) is 14.7. The molecule has 1 fully saturated rings. The first-order valence-electron chi connectivity index (χ1n) is 6.53. The Morgan fingerprint density at radius 3 is 2.85 bits per heavy atom. The van der Waals surface area contributed by atoms with Crippen molar-refractivity contribution in [1.29, 1.82) is 0 Å². The quantitative estimate of drug-likeness (QED) is 0.925. The van der Waals surface area contributed by atoms with Gasteiger partial charge in [0.1, 0.15) is 11.9 Å². The largest absolute Gasteiger partial charge is 0.343 e. The van der Waals surface area contributed by atoms with E-state index in [1.807, 2.05) is 6.92 Å². The molecule has 4 nitrogen and oxygen atoms in total. The first-order chi connectivity index (χ1) is 9.51. The summed E-state index contributed by atoms with van der Waals surface area (Å²) in [5.41, 5.74) is 0.703. The van der Waals surface area contributed by atoms with Crippen molar-refractivity contribution < 1.29 is 14.0 Å². The number of hydrogen-bond acceptors (Lipinski definition) is 2. The van der Waals surface area contributed by atoms with Gasteiger partial charge in [-0.25, -0.2) is 4.39 Å². The topological polar surface area (TPSA) is 49.4 Å². The van der Waals surface area contributed by atoms with Gasteiger partial charge in [0.2, 0.25) is 11.8 Å². The fourth-order valence-corrected chi connectivity index (χ4v) is 2.45. The lowest BCUT2D eigenvalue weighted by atomic mass is 10.1. The van der Waals surface area contributed by atoms with Crippen LogP contribution in [0.2, 0.25) is 5.02 Å². The molecule has 0 spiro atoms. The standard InChI is InChI=1S/C14H16ClFN2O2/c1-2-3-12-14(20)18(8-13(19)17-12)7-9-4-5-11(16)10(15)6-9/h4-6,12H,2-3,7-8H2,1H3,(H,17,19). The van der Waals surface area contributed by atoms with Crippen LogP contribution in [0, 0.1) is 5.82 Å². The van der Waals surface area contributed by atoms with Crippen LogP contribution in [0.25, 0.3) is 0 Å². The highest BCUT2D eigenvalue weighted by Gasteiger charge is 2.31. The van der Waals surface area contributed by atoms with E-state index in [-0.39, 0.29) is 29.9 Å². The fourth-order valence-electron chi connectivity index (χ4n) is 2.25. The Morgan fingerprint density at radius 2 is 2.20 bits per heavy atom. The minimum atomic E-state index is -0.498. The third-order valence-corrected chi connectivity index (χ3v) is 3.50. The summed E-state index contributed by atoms with van der Waals surface area (Å²) in [6.07, 6.45) is 1.43. The molecule has 1 atom stereocenters. The number of benzene rings is 1. The van der Waals surface area contributed by atoms with E-state index in [4.69, 9.17) is 11.6 Å². The van der Waals surface area contributed by atoms with Crippen LogP contribution >= 0.6 is 11.6 Å². The maximum Gasteiger partial charge on any atom is 0.245 e. The average Bonchev–Trinajstić information content (AvgIpc) is 2.39. The fraction of sp³-hybridized carbons (Fsp3) is 0.429. The van der Waals surface area contributed by atoms with Gasteiger partial charge in [0.15, 0.2) is 0 Å². The highest BCUT2D eigenvalue weighted by molar-refractivity contribution is 6.30. The molecule has 1 unspecified atom stereocenters. The van der Waals surface area contributed by atoms with Crippen molar-refractivity contribution in [2.45, 2.75) is 32.4 Å². The SMILES string of the molecule is CCCC1NC(=O)CN(Cc2ccc(F)c(Cl)c2)C1=O. The first-order valence-corrected chi connectivity index (χ1v) is 6.91. The van der Waals surface area contributed by atoms with Crippen molar-refractivity contribution in [2.75, 3.05) is 6.54 Å². The minimum Gasteiger partial charge on any atom is -0.343 e. The molecule has 0 bridgehead atoms. The van der Waals surface area contributed by atoms with Gasteiger partial charge in [0.25, 0.3) is 0 Å². The van der Waals surface area contributed by atoms with Crippen molar-refractivity contribution in [3.05, 3.63) is 34.6 Å². The highest BCUT2D eigenvalue weighted by atomic mass is 35.5. The molecule has 1 aromatic rings. The molecule has 1 aliphatic rings. The van der Waals surface area contributed by atoms with Gasteiger partial charge in [0.05, 0.1) is 11.6 Å². The first kappa shape index (κ1) is 14.8. The van der Waals surface area contributed by atoms with Gasteiger partial charge in [0, 0.05) is 6.54 Å². The minimum absolute atomic E-state index is 0.0153. The lowest BCUT2D eigenvalue weighted by Gasteiger charge is -2.32. The summed E-state index contributed by atoms with van der Waals surface area (Å²) in [5.74, 6) is -0.773. The second-order valence-corrected chi connectivity index (χ2v) is 5.26. The van der Waals surface area contributed by atoms with E-state index >= 15 is 0 Å². The molecule has 0 aromatic heterocycles. The van der Waals surface area contributed by atoms with Gasteiger partial charge in [-0.3, -0.25) is 9.59 Å². The van der Waals surface area contributed by atoms with Crippen molar-refractivity contribution in [3.8, 4) is 0 Å². The van der Waals surface area contributed by atoms with Crippen LogP contribution in [0.5, 0.6) is 0 Å². The molecule has 6 heteroatoms. The highest BCUT2D eigenvalue weighted by Crippen LogP contribution is 2.18. The predicted molar refractivity (Wildman–Crippen MR) is 73.7 cm³/mol. The summed E-state index contributed by atoms with van der Waals surface area (Å²) in [6, 6.07) is 3.84. The van der Waals surface area contributed by atoms with Gasteiger partial charge < -0.3 is 10.2 Å². The Balaban J connectivity index is 2.12. The van der Waals surface area contributed by atoms with Gasteiger partial charge in [-0.05, 0) is 24.1 Å². The van der Waals surface area contributed by atoms with Crippen LogP contribution < -0.4 is 5.32 Å². The van der Waals surface area contributed by atoms with Crippen molar-refractivity contribution in [1.82, 2.24) is 10.2 Å². The molecule has 0 aliphatic carbocycles. The zero-order valence-electron chi connectivity index (χ0n) is 11.2. The summed E-state index contributed by atoms with van der Waals surface area (Å²) in [7, 11) is 0. The second kappa shape index (κ2) is 6.22. The number of piperazine rings is 1. The number of halogens is 2. The average molecular weight is 299 g/mol. The lowest BCUT2D eigenvalue weighted by molar-refractivity contribution is -0.145. The van der Waals surface area contributed by atoms with Gasteiger partial charge >= 0.3 is 0 Å². The van der Waals surface area contributed by atoms with Crippen LogP contribution in [-0.4, -0.2) is 29.3 Å². The van der Waals surface area contributed by atoms with Gasteiger partial charge in [-0.1, -0.05) is 31.0 Å². The Labute approximate surface area is 121 Å². The van der Waals surface area contributed by atoms with Crippen LogP contribution in [0.1, 0.15) is 25.3 Å². The smallest absolute Gasteiger partial charge is 0.245 e. The Morgan fingerprint density at radius 1 is 1.45 bits per heavy atom. The molecule has 2 rings (SSSR count). The Bertz CT molecular complexity index is 536. The van der Waals surface area contributed by atoms with Crippen LogP contribution in [0.4, 0.5) is 4.39 Å². The Kier molecular flexibility index (Phi) is 4.60. The summed E-state index contributed by atoms with van der Waals surface area (Å²) < 4.78 is 13.1. The van der Waals surface area contributed by atoms with E-state index < -0.39 is 11.9 Å². The lowest BCUT2D eigenvalue weighted by Crippen LogP contribution is -2.57. The molecule has 1 saturated heterocycles. The van der Waals surface area contributed by atoms with Crippen LogP contribution in [-0.2, 0) is 16.1 Å². The third kappa shape index (κ3) is 3.28. The van der Waals surface area contributed by atoms with Crippen molar-refractivity contribution in [3.63, 3.8) is 0 Å². The van der Waals surface area contributed by atoms with E-state index in [9.17, 15) is 14.0 Å². The summed E-state index contributed by atoms with van der Waals surface area (Å²) >= 11 is 5.72. The molecule has 2 amide bonds. The zero-order valence-corrected chi connectivity index (χ0v) is 11.9. The Hall–Kier alpha value is -1.62. The van der Waals surface area contributed by atoms with Gasteiger partial charge in [-0.15, -0.1) is 0 Å². The number of nitrogens with one attached hydrogen (secondary N) is 1. The number of rotatable bonds is 4. The van der Waals surface area contributed by atoms with E-state index in [2.05, 4.69) is 5.32 Å². The van der Waals surface area contributed by atoms with Crippen molar-refractivity contribution in [2.24, 2.45) is 0 Å². The molecular weight excluding hydrogens is 283 g/mol. The summed E-state index contributed by atoms with van der Waals surface area (Å²) in [4.78, 5) is 25.3. The van der Waals surface area contributed by atoms with Crippen molar-refractivity contribution >= 4 is 23.4 Å². The number of carbonyl (C=O) groups is 2. The van der Waals surface area contributed by atoms with E-state index in [1.54, 1.807) is 6.07 Å².